The van der Waals surface area contributed by atoms with Gasteiger partial charge in [0.15, 0.2) is 0 Å². The number of hydrogen-bond acceptors (Lipinski definition) is 4. The third kappa shape index (κ3) is 51.4. The molecule has 0 saturated heterocycles. The zero-order valence-corrected chi connectivity index (χ0v) is 67.6. The molecule has 4 heteroatoms. The normalized spacial score (nSPS) is 11.2. The molecule has 0 amide bonds. The van der Waals surface area contributed by atoms with E-state index in [0.717, 1.165) is 98.8 Å². The lowest BCUT2D eigenvalue weighted by Gasteiger charge is -2.25. The molecular weight excluding hydrogens is 1240 g/mol. The molecule has 102 heavy (non-hydrogen) atoms. The molecule has 0 unspecified atom stereocenters. The van der Waals surface area contributed by atoms with Crippen LogP contribution in [-0.2, 0) is 0 Å². The molecule has 0 N–H and O–H groups in total. The van der Waals surface area contributed by atoms with Gasteiger partial charge in [-0.05, 0) is 148 Å². The first-order chi connectivity index (χ1) is 50.6. The molecule has 4 rings (SSSR count). The summed E-state index contributed by atoms with van der Waals surface area (Å²) >= 11 is 0. The highest BCUT2D eigenvalue weighted by atomic mass is 16.5. The largest absolute Gasteiger partial charge is 0.494 e. The molecule has 4 aromatic carbocycles. The molecule has 0 atom stereocenters. The van der Waals surface area contributed by atoms with Crippen molar-refractivity contribution in [2.75, 3.05) is 49.2 Å². The number of rotatable bonds is 71. The van der Waals surface area contributed by atoms with E-state index >= 15 is 0 Å². The molecular formula is C98H160N2O2. The Morgan fingerprint density at radius 2 is 0.343 bits per heavy atom. The van der Waals surface area contributed by atoms with Crippen molar-refractivity contribution in [1.29, 1.82) is 0 Å². The van der Waals surface area contributed by atoms with Crippen LogP contribution in [0, 0.1) is 23.7 Å². The lowest BCUT2D eigenvalue weighted by atomic mass is 10.0. The summed E-state index contributed by atoms with van der Waals surface area (Å²) in [5, 5.41) is 0. The monoisotopic (exact) mass is 1400 g/mol. The molecule has 0 saturated carbocycles. The van der Waals surface area contributed by atoms with Crippen LogP contribution in [0.5, 0.6) is 11.5 Å². The van der Waals surface area contributed by atoms with Gasteiger partial charge in [-0.25, -0.2) is 0 Å². The third-order valence-corrected chi connectivity index (χ3v) is 21.6. The SMILES string of the molecule is CCCCCCCCCCCCCCCCN(CCCCCCCCCCCCCCCC)c1ccc(C#Cc2ccc(OCCCCCCOc3ccc(C#Cc4ccc(N(CCCCCCCCCCCCCCCC)CCCCCCCCCCCCCCCC)cc4)cc3)cc2)cc1. The fourth-order valence-electron chi connectivity index (χ4n) is 14.7. The van der Waals surface area contributed by atoms with E-state index in [4.69, 9.17) is 9.47 Å². The van der Waals surface area contributed by atoms with E-state index in [1.165, 1.54) is 371 Å². The second-order valence-corrected chi connectivity index (χ2v) is 31.1. The number of benzene rings is 4. The van der Waals surface area contributed by atoms with E-state index in [0.29, 0.717) is 0 Å². The molecule has 0 bridgehead atoms. The van der Waals surface area contributed by atoms with Gasteiger partial charge in [0.25, 0.3) is 0 Å². The van der Waals surface area contributed by atoms with Gasteiger partial charge < -0.3 is 19.3 Å². The smallest absolute Gasteiger partial charge is 0.119 e. The summed E-state index contributed by atoms with van der Waals surface area (Å²) in [6, 6.07) is 34.9. The van der Waals surface area contributed by atoms with E-state index < -0.39 is 0 Å². The molecule has 0 fully saturated rings. The van der Waals surface area contributed by atoms with Gasteiger partial charge in [-0.3, -0.25) is 0 Å². The Balaban J connectivity index is 1.11. The number of unbranched alkanes of at least 4 members (excludes halogenated alkanes) is 55. The molecule has 0 aromatic heterocycles. The summed E-state index contributed by atoms with van der Waals surface area (Å²) in [4.78, 5) is 5.35. The van der Waals surface area contributed by atoms with Gasteiger partial charge in [-0.2, -0.15) is 0 Å². The highest BCUT2D eigenvalue weighted by Gasteiger charge is 2.10. The van der Waals surface area contributed by atoms with E-state index in [-0.39, 0.29) is 0 Å². The Kier molecular flexibility index (Phi) is 59.8. The van der Waals surface area contributed by atoms with Gasteiger partial charge in [0, 0.05) is 59.8 Å². The van der Waals surface area contributed by atoms with Crippen LogP contribution in [0.25, 0.3) is 0 Å². The molecule has 0 aliphatic heterocycles. The maximum atomic E-state index is 6.16. The summed E-state index contributed by atoms with van der Waals surface area (Å²) in [6.07, 6.45) is 83.0. The van der Waals surface area contributed by atoms with E-state index in [9.17, 15) is 0 Å². The van der Waals surface area contributed by atoms with Gasteiger partial charge in [0.2, 0.25) is 0 Å². The second-order valence-electron chi connectivity index (χ2n) is 31.1. The van der Waals surface area contributed by atoms with Crippen molar-refractivity contribution in [3.8, 4) is 35.2 Å². The molecule has 4 aromatic rings. The zero-order chi connectivity index (χ0) is 72.0. The highest BCUT2D eigenvalue weighted by Crippen LogP contribution is 2.24. The molecule has 0 aliphatic carbocycles. The number of ether oxygens (including phenoxy) is 2. The van der Waals surface area contributed by atoms with Crippen LogP contribution < -0.4 is 19.3 Å². The first-order valence-corrected chi connectivity index (χ1v) is 44.8. The average molecular weight is 1400 g/mol. The van der Waals surface area contributed by atoms with Crippen molar-refractivity contribution < 1.29 is 9.47 Å². The minimum Gasteiger partial charge on any atom is -0.494 e. The molecule has 574 valence electrons. The number of hydrogen-bond donors (Lipinski definition) is 0. The zero-order valence-electron chi connectivity index (χ0n) is 67.6. The van der Waals surface area contributed by atoms with Crippen LogP contribution in [0.3, 0.4) is 0 Å². The second kappa shape index (κ2) is 68.0. The first kappa shape index (κ1) is 89.6. The van der Waals surface area contributed by atoms with Crippen molar-refractivity contribution in [2.24, 2.45) is 0 Å². The lowest BCUT2D eigenvalue weighted by molar-refractivity contribution is 0.287. The van der Waals surface area contributed by atoms with Gasteiger partial charge >= 0.3 is 0 Å². The molecule has 0 heterocycles. The Bertz CT molecular complexity index is 2300. The standard InChI is InChI=1S/C98H160N2O2/c1-5-9-13-17-21-25-29-33-37-41-45-49-53-59-85-99(86-60-54-50-46-42-38-34-30-26-22-18-14-10-6-2)95-77-69-91(70-78-95)65-67-93-73-81-97(82-74-93)101-89-63-57-58-64-90-102-98-83-75-94(76-84-98)68-66-92-71-79-96(80-72-92)100(87-61-55-51-47-43-39-35-31-27-23-19-15-11-7-3)88-62-56-52-48-44-40-36-32-28-24-20-16-12-8-4/h69-84H,5-64,85-90H2,1-4H3. The summed E-state index contributed by atoms with van der Waals surface area (Å²) in [5.41, 5.74) is 6.90. The Morgan fingerprint density at radius 1 is 0.186 bits per heavy atom. The highest BCUT2D eigenvalue weighted by molar-refractivity contribution is 5.53. The van der Waals surface area contributed by atoms with Gasteiger partial charge in [0.05, 0.1) is 13.2 Å². The quantitative estimate of drug-likeness (QED) is 0.0325. The predicted octanol–water partition coefficient (Wildman–Crippen LogP) is 31.0. The number of anilines is 2. The van der Waals surface area contributed by atoms with Gasteiger partial charge in [0.1, 0.15) is 11.5 Å². The van der Waals surface area contributed by atoms with Crippen LogP contribution in [0.1, 0.15) is 435 Å². The molecule has 0 aliphatic rings. The van der Waals surface area contributed by atoms with Gasteiger partial charge in [-0.15, -0.1) is 0 Å². The van der Waals surface area contributed by atoms with Crippen LogP contribution in [-0.4, -0.2) is 39.4 Å². The molecule has 4 nitrogen and oxygen atoms in total. The first-order valence-electron chi connectivity index (χ1n) is 44.8. The Hall–Kier alpha value is -4.80. The topological polar surface area (TPSA) is 24.9 Å². The average Bonchev–Trinajstić information content (AvgIpc) is 0.885. The predicted molar refractivity (Wildman–Crippen MR) is 453 cm³/mol. The maximum Gasteiger partial charge on any atom is 0.119 e. The maximum absolute atomic E-state index is 6.16. The summed E-state index contributed by atoms with van der Waals surface area (Å²) in [6.45, 7) is 15.3. The minimum atomic E-state index is 0.721. The van der Waals surface area contributed by atoms with E-state index in [1.807, 2.05) is 0 Å². The van der Waals surface area contributed by atoms with Crippen molar-refractivity contribution >= 4 is 11.4 Å². The van der Waals surface area contributed by atoms with Crippen molar-refractivity contribution in [3.63, 3.8) is 0 Å². The van der Waals surface area contributed by atoms with Gasteiger partial charge in [-0.1, -0.05) is 385 Å². The Labute approximate surface area is 633 Å². The molecule has 0 radical (unpaired) electrons. The lowest BCUT2D eigenvalue weighted by Crippen LogP contribution is -2.25. The van der Waals surface area contributed by atoms with Crippen LogP contribution >= 0.6 is 0 Å². The van der Waals surface area contributed by atoms with Crippen LogP contribution in [0.2, 0.25) is 0 Å². The summed E-state index contributed by atoms with van der Waals surface area (Å²) in [7, 11) is 0. The number of nitrogens with zero attached hydrogens (tertiary/aromatic N) is 2. The van der Waals surface area contributed by atoms with Crippen molar-refractivity contribution in [2.45, 2.75) is 413 Å². The summed E-state index contributed by atoms with van der Waals surface area (Å²) in [5.74, 6) is 15.6. The van der Waals surface area contributed by atoms with Crippen molar-refractivity contribution in [3.05, 3.63) is 119 Å². The fourth-order valence-corrected chi connectivity index (χ4v) is 14.7. The molecule has 0 spiro atoms. The van der Waals surface area contributed by atoms with Crippen LogP contribution in [0.4, 0.5) is 11.4 Å². The van der Waals surface area contributed by atoms with E-state index in [1.54, 1.807) is 0 Å². The van der Waals surface area contributed by atoms with Crippen LogP contribution in [0.15, 0.2) is 97.1 Å². The fraction of sp³-hybridized carbons (Fsp3) is 0.714. The minimum absolute atomic E-state index is 0.721. The Morgan fingerprint density at radius 3 is 0.529 bits per heavy atom. The third-order valence-electron chi connectivity index (χ3n) is 21.6. The summed E-state index contributed by atoms with van der Waals surface area (Å²) < 4.78 is 12.3. The van der Waals surface area contributed by atoms with Crippen molar-refractivity contribution in [1.82, 2.24) is 0 Å². The van der Waals surface area contributed by atoms with E-state index in [2.05, 4.69) is 158 Å².